The van der Waals surface area contributed by atoms with Crippen LogP contribution in [0.25, 0.3) is 141 Å². The van der Waals surface area contributed by atoms with E-state index in [9.17, 15) is 23.7 Å². The van der Waals surface area contributed by atoms with E-state index < -0.39 is 11.7 Å². The van der Waals surface area contributed by atoms with E-state index in [0.717, 1.165) is 100 Å². The lowest BCUT2D eigenvalue weighted by molar-refractivity contribution is -0.137. The highest BCUT2D eigenvalue weighted by molar-refractivity contribution is 6.14. The first-order valence-electron chi connectivity index (χ1n) is 26.3. The predicted molar refractivity (Wildman–Crippen MR) is 327 cm³/mol. The average molecular weight is 1080 g/mol. The first-order valence-corrected chi connectivity index (χ1v) is 26.3. The van der Waals surface area contributed by atoms with E-state index in [-0.39, 0.29) is 5.69 Å². The Labute approximate surface area is 480 Å². The van der Waals surface area contributed by atoms with Gasteiger partial charge < -0.3 is 9.13 Å². The van der Waals surface area contributed by atoms with Crippen molar-refractivity contribution in [2.24, 2.45) is 0 Å². The highest BCUT2D eigenvalue weighted by Crippen LogP contribution is 2.47. The summed E-state index contributed by atoms with van der Waals surface area (Å²) in [6.45, 7) is 31.7. The zero-order valence-corrected chi connectivity index (χ0v) is 44.1. The zero-order chi connectivity index (χ0) is 57.8. The molecule has 0 atom stereocenters. The fourth-order valence-electron chi connectivity index (χ4n) is 11.4. The number of rotatable bonds is 8. The quantitative estimate of drug-likeness (QED) is 0.142. The number of hydrogen-bond donors (Lipinski definition) is 0. The normalized spacial score (nSPS) is 11.2. The number of aromatic nitrogens is 2. The number of fused-ring (bicyclic) bond motifs is 6. The molecule has 0 unspecified atom stereocenters. The molecule has 2 aromatic heterocycles. The van der Waals surface area contributed by atoms with Crippen LogP contribution < -0.4 is 0 Å². The third-order valence-electron chi connectivity index (χ3n) is 15.5. The Hall–Kier alpha value is -12.3. The van der Waals surface area contributed by atoms with Crippen molar-refractivity contribution in [2.45, 2.75) is 6.18 Å². The van der Waals surface area contributed by atoms with Crippen LogP contribution in [0.15, 0.2) is 224 Å². The van der Waals surface area contributed by atoms with Crippen molar-refractivity contribution in [2.75, 3.05) is 0 Å². The van der Waals surface area contributed by atoms with Gasteiger partial charge in [0, 0.05) is 32.7 Å². The van der Waals surface area contributed by atoms with Crippen molar-refractivity contribution in [1.29, 1.82) is 10.5 Å². The van der Waals surface area contributed by atoms with Gasteiger partial charge in [-0.05, 0) is 164 Å². The van der Waals surface area contributed by atoms with Gasteiger partial charge in [0.2, 0.25) is 0 Å². The summed E-state index contributed by atoms with van der Waals surface area (Å²) in [4.78, 5) is 14.8. The van der Waals surface area contributed by atoms with Gasteiger partial charge in [-0.1, -0.05) is 121 Å². The van der Waals surface area contributed by atoms with Crippen LogP contribution in [0.3, 0.4) is 0 Å². The Bertz CT molecular complexity index is 4930. The van der Waals surface area contributed by atoms with Crippen molar-refractivity contribution < 1.29 is 13.2 Å². The molecule has 0 bridgehead atoms. The van der Waals surface area contributed by atoms with Crippen molar-refractivity contribution in [1.82, 2.24) is 9.13 Å². The maximum atomic E-state index is 14.3. The highest BCUT2D eigenvalue weighted by Gasteiger charge is 2.31. The van der Waals surface area contributed by atoms with Crippen molar-refractivity contribution in [3.05, 3.63) is 287 Å². The zero-order valence-electron chi connectivity index (χ0n) is 44.1. The van der Waals surface area contributed by atoms with Crippen LogP contribution in [0.5, 0.6) is 0 Å². The van der Waals surface area contributed by atoms with Gasteiger partial charge in [0.25, 0.3) is 0 Å². The maximum Gasteiger partial charge on any atom is 0.415 e. The topological polar surface area (TPSA) is 74.9 Å². The van der Waals surface area contributed by atoms with Crippen molar-refractivity contribution in [3.63, 3.8) is 0 Å². The summed E-state index contributed by atoms with van der Waals surface area (Å²) in [5, 5.41) is 22.9. The minimum absolute atomic E-state index is 0.178. The third-order valence-corrected chi connectivity index (χ3v) is 15.5. The largest absolute Gasteiger partial charge is 0.415 e. The van der Waals surface area contributed by atoms with E-state index in [1.165, 1.54) is 6.07 Å². The van der Waals surface area contributed by atoms with Gasteiger partial charge in [0.05, 0.1) is 83.0 Å². The predicted octanol–water partition coefficient (Wildman–Crippen LogP) is 20.8. The van der Waals surface area contributed by atoms with Gasteiger partial charge in [-0.25, -0.2) is 19.4 Å². The van der Waals surface area contributed by atoms with Gasteiger partial charge in [-0.2, -0.15) is 23.7 Å². The summed E-state index contributed by atoms with van der Waals surface area (Å²) in [5.41, 5.74) is 15.3. The summed E-state index contributed by atoms with van der Waals surface area (Å²) in [6.07, 6.45) is -4.69. The van der Waals surface area contributed by atoms with Crippen LogP contribution in [0, 0.1) is 49.0 Å². The van der Waals surface area contributed by atoms with Gasteiger partial charge in [-0.15, -0.1) is 0 Å². The lowest BCUT2D eigenvalue weighted by Gasteiger charge is -2.21. The summed E-state index contributed by atoms with van der Waals surface area (Å²) >= 11 is 0. The molecule has 0 aliphatic heterocycles. The molecule has 0 amide bonds. The van der Waals surface area contributed by atoms with Gasteiger partial charge >= 0.3 is 6.18 Å². The maximum absolute atomic E-state index is 14.3. The van der Waals surface area contributed by atoms with Crippen molar-refractivity contribution >= 4 is 66.4 Å². The lowest BCUT2D eigenvalue weighted by Crippen LogP contribution is -2.04. The minimum Gasteiger partial charge on any atom is -0.309 e. The number of alkyl halides is 3. The number of benzene rings is 11. The molecule has 13 rings (SSSR count). The SMILES string of the molecule is [C-]#[N+]c1ccc(-c2ccc3c(c2)c2cc(-c4ccc([N+]#[C-])cc4)ccc2n3-c2ccc(-c3ccc(C(F)(F)F)cc3[N+]#[C-])cc2-c2cc([N+]#[C-])ccc2-n2c3ccc(-c4ccc(C#N)cc4)cc3c3cc(-c4ccc(C#N)cc4)ccc32)cc1. The standard InChI is InChI=1S/C73H37F3N8/c1-79-56-23-13-48(14-24-56)52-19-31-67-62(37-52)63-38-53(49-15-25-57(80-2)26-16-49)20-32-68(63)83(67)71-33-21-54(59-28-22-55(73(74,75)76)40-66(59)82-4)39-64(71)65-41-58(81-3)27-34-72(65)84-69-29-17-50(46-9-5-44(42-77)6-10-46)35-60(69)61-36-51(18-30-70(61)84)47-11-7-45(43-78)8-12-47/h5-41H. The second-order valence-corrected chi connectivity index (χ2v) is 20.2. The van der Waals surface area contributed by atoms with Gasteiger partial charge in [-0.3, -0.25) is 0 Å². The number of halogens is 3. The number of nitrogens with zero attached hydrogens (tertiary/aromatic N) is 8. The molecule has 0 spiro atoms. The van der Waals surface area contributed by atoms with Gasteiger partial charge in [0.1, 0.15) is 0 Å². The molecule has 13 aromatic rings. The Kier molecular flexibility index (Phi) is 12.5. The van der Waals surface area contributed by atoms with Crippen LogP contribution in [0.1, 0.15) is 16.7 Å². The molecule has 0 aliphatic rings. The molecule has 0 saturated carbocycles. The summed E-state index contributed by atoms with van der Waals surface area (Å²) in [7, 11) is 0. The second kappa shape index (κ2) is 20.4. The summed E-state index contributed by atoms with van der Waals surface area (Å²) < 4.78 is 47.1. The number of hydrogen-bond acceptors (Lipinski definition) is 2. The Morgan fingerprint density at radius 3 is 1.04 bits per heavy atom. The van der Waals surface area contributed by atoms with Crippen LogP contribution in [0.4, 0.5) is 35.9 Å². The molecule has 11 aromatic carbocycles. The Morgan fingerprint density at radius 2 is 0.667 bits per heavy atom. The molecule has 0 radical (unpaired) electrons. The van der Waals surface area contributed by atoms with Crippen LogP contribution in [-0.4, -0.2) is 9.13 Å². The van der Waals surface area contributed by atoms with Crippen LogP contribution in [-0.2, 0) is 6.18 Å². The molecule has 8 nitrogen and oxygen atoms in total. The van der Waals surface area contributed by atoms with E-state index in [4.69, 9.17) is 26.3 Å². The molecule has 84 heavy (non-hydrogen) atoms. The molecule has 0 N–H and O–H groups in total. The highest BCUT2D eigenvalue weighted by atomic mass is 19.4. The summed E-state index contributed by atoms with van der Waals surface area (Å²) in [6, 6.07) is 73.4. The minimum atomic E-state index is -4.69. The molecule has 0 aliphatic carbocycles. The molecular weight excluding hydrogens is 1050 g/mol. The average Bonchev–Trinajstić information content (AvgIpc) is 1.92. The van der Waals surface area contributed by atoms with E-state index in [0.29, 0.717) is 61.8 Å². The monoisotopic (exact) mass is 1080 g/mol. The Morgan fingerprint density at radius 1 is 0.321 bits per heavy atom. The molecule has 0 fully saturated rings. The van der Waals surface area contributed by atoms with Crippen LogP contribution >= 0.6 is 0 Å². The van der Waals surface area contributed by atoms with Crippen LogP contribution in [0.2, 0.25) is 0 Å². The summed E-state index contributed by atoms with van der Waals surface area (Å²) in [5.74, 6) is 0. The first-order chi connectivity index (χ1) is 40.9. The lowest BCUT2D eigenvalue weighted by atomic mass is 9.94. The molecule has 390 valence electrons. The molecule has 11 heteroatoms. The smallest absolute Gasteiger partial charge is 0.309 e. The Balaban J connectivity index is 1.11. The fraction of sp³-hybridized carbons (Fsp3) is 0.0137. The van der Waals surface area contributed by atoms with E-state index >= 15 is 0 Å². The van der Waals surface area contributed by atoms with E-state index in [1.54, 1.807) is 54.6 Å². The second-order valence-electron chi connectivity index (χ2n) is 20.2. The molecule has 2 heterocycles. The third kappa shape index (κ3) is 8.87. The van der Waals surface area contributed by atoms with Crippen molar-refractivity contribution in [3.8, 4) is 90.3 Å². The first kappa shape index (κ1) is 51.2. The van der Waals surface area contributed by atoms with Gasteiger partial charge in [0.15, 0.2) is 22.7 Å². The number of nitriles is 2. The van der Waals surface area contributed by atoms with E-state index in [1.807, 2.05) is 103 Å². The fourth-order valence-corrected chi connectivity index (χ4v) is 11.4. The molecule has 0 saturated heterocycles. The van der Waals surface area contributed by atoms with E-state index in [2.05, 4.69) is 89.2 Å². The molecular formula is C73H37F3N8.